The molecule has 0 bridgehead atoms. The lowest BCUT2D eigenvalue weighted by molar-refractivity contribution is 0.484. The van der Waals surface area contributed by atoms with Crippen LogP contribution in [0.4, 0.5) is 0 Å². The zero-order chi connectivity index (χ0) is 7.78. The Bertz CT molecular complexity index is 323. The maximum absolute atomic E-state index is 10.3. The highest BCUT2D eigenvalue weighted by Gasteiger charge is 2.11. The summed E-state index contributed by atoms with van der Waals surface area (Å²) in [5, 5.41) is 8.53. The Morgan fingerprint density at radius 1 is 1.40 bits per heavy atom. The largest absolute Gasteiger partial charge is 0.499 e. The van der Waals surface area contributed by atoms with E-state index in [9.17, 15) is 8.42 Å². The van der Waals surface area contributed by atoms with Crippen LogP contribution < -0.4 is 0 Å². The smallest absolute Gasteiger partial charge is 0.304 e. The van der Waals surface area contributed by atoms with Crippen molar-refractivity contribution in [2.24, 2.45) is 0 Å². The quantitative estimate of drug-likeness (QED) is 0.624. The number of thiophene rings is 1. The Labute approximate surface area is 61.5 Å². The van der Waals surface area contributed by atoms with Crippen molar-refractivity contribution in [2.45, 2.75) is 4.21 Å². The van der Waals surface area contributed by atoms with Crippen LogP contribution in [0.5, 0.6) is 5.06 Å². The molecule has 0 unspecified atom stereocenters. The number of rotatable bonds is 1. The van der Waals surface area contributed by atoms with Crippen molar-refractivity contribution in [3.63, 3.8) is 0 Å². The third kappa shape index (κ3) is 1.47. The Kier molecular flexibility index (Phi) is 1.67. The van der Waals surface area contributed by atoms with Crippen molar-refractivity contribution in [3.05, 3.63) is 12.1 Å². The van der Waals surface area contributed by atoms with Gasteiger partial charge in [-0.15, -0.1) is 0 Å². The van der Waals surface area contributed by atoms with Crippen molar-refractivity contribution in [3.8, 4) is 5.06 Å². The molecular formula is C4H4O4S2. The van der Waals surface area contributed by atoms with E-state index in [-0.39, 0.29) is 9.27 Å². The molecule has 0 radical (unpaired) electrons. The van der Waals surface area contributed by atoms with E-state index in [0.717, 1.165) is 6.07 Å². The highest BCUT2D eigenvalue weighted by atomic mass is 32.3. The fraction of sp³-hybridized carbons (Fsp3) is 0. The standard InChI is InChI=1S/C4H4O4S2/c5-3-1-2-4(9-3)10(6,7)8/h1-2,5H,(H,6,7,8). The van der Waals surface area contributed by atoms with Gasteiger partial charge < -0.3 is 5.11 Å². The molecule has 4 nitrogen and oxygen atoms in total. The first kappa shape index (κ1) is 7.52. The normalized spacial score (nSPS) is 11.7. The summed E-state index contributed by atoms with van der Waals surface area (Å²) in [7, 11) is -4.12. The predicted octanol–water partition coefficient (Wildman–Crippen LogP) is 0.700. The van der Waals surface area contributed by atoms with Crippen LogP contribution in [0.3, 0.4) is 0 Å². The van der Waals surface area contributed by atoms with Crippen LogP contribution in [-0.2, 0) is 10.1 Å². The summed E-state index contributed by atoms with van der Waals surface area (Å²) in [4.78, 5) is 0. The first-order valence-electron chi connectivity index (χ1n) is 2.26. The van der Waals surface area contributed by atoms with Crippen LogP contribution >= 0.6 is 11.3 Å². The molecular weight excluding hydrogens is 176 g/mol. The van der Waals surface area contributed by atoms with E-state index in [2.05, 4.69) is 0 Å². The Hall–Kier alpha value is -0.590. The van der Waals surface area contributed by atoms with Crippen LogP contribution in [0, 0.1) is 0 Å². The molecule has 0 aromatic carbocycles. The molecule has 0 saturated carbocycles. The molecule has 10 heavy (non-hydrogen) atoms. The lowest BCUT2D eigenvalue weighted by Gasteiger charge is -1.85. The third-order valence-corrected chi connectivity index (χ3v) is 3.03. The lowest BCUT2D eigenvalue weighted by Crippen LogP contribution is -1.92. The fourth-order valence-electron chi connectivity index (χ4n) is 0.449. The second kappa shape index (κ2) is 2.22. The maximum Gasteiger partial charge on any atom is 0.304 e. The number of hydrogen-bond acceptors (Lipinski definition) is 4. The second-order valence-corrected chi connectivity index (χ2v) is 4.28. The van der Waals surface area contributed by atoms with Gasteiger partial charge in [-0.3, -0.25) is 4.55 Å². The summed E-state index contributed by atoms with van der Waals surface area (Å²) in [5.74, 6) is 0. The maximum atomic E-state index is 10.3. The molecule has 1 aromatic heterocycles. The van der Waals surface area contributed by atoms with Gasteiger partial charge in [0.1, 0.15) is 4.21 Å². The Morgan fingerprint density at radius 2 is 2.00 bits per heavy atom. The van der Waals surface area contributed by atoms with Gasteiger partial charge in [0.15, 0.2) is 5.06 Å². The molecule has 0 amide bonds. The first-order chi connectivity index (χ1) is 4.50. The molecule has 1 rings (SSSR count). The molecule has 1 heterocycles. The van der Waals surface area contributed by atoms with Crippen LogP contribution in [-0.4, -0.2) is 18.1 Å². The fourth-order valence-corrected chi connectivity index (χ4v) is 1.84. The topological polar surface area (TPSA) is 74.6 Å². The molecule has 0 saturated heterocycles. The van der Waals surface area contributed by atoms with E-state index in [4.69, 9.17) is 9.66 Å². The SMILES string of the molecule is O=S(=O)(O)c1ccc(O)s1. The summed E-state index contributed by atoms with van der Waals surface area (Å²) in [6.07, 6.45) is 0. The van der Waals surface area contributed by atoms with E-state index >= 15 is 0 Å². The molecule has 0 aliphatic heterocycles. The molecule has 2 N–H and O–H groups in total. The average Bonchev–Trinajstić information content (AvgIpc) is 2.11. The molecule has 0 spiro atoms. The van der Waals surface area contributed by atoms with Gasteiger partial charge in [-0.05, 0) is 12.1 Å². The first-order valence-corrected chi connectivity index (χ1v) is 4.52. The summed E-state index contributed by atoms with van der Waals surface area (Å²) in [6, 6.07) is 2.34. The van der Waals surface area contributed by atoms with Crippen LogP contribution in [0.2, 0.25) is 0 Å². The Morgan fingerprint density at radius 3 is 2.20 bits per heavy atom. The minimum absolute atomic E-state index is 0.132. The van der Waals surface area contributed by atoms with Gasteiger partial charge in [-0.25, -0.2) is 0 Å². The van der Waals surface area contributed by atoms with E-state index in [1.54, 1.807) is 0 Å². The Balaban J connectivity index is 3.21. The van der Waals surface area contributed by atoms with Crippen molar-refractivity contribution in [1.82, 2.24) is 0 Å². The number of hydrogen-bond donors (Lipinski definition) is 2. The van der Waals surface area contributed by atoms with E-state index < -0.39 is 10.1 Å². The van der Waals surface area contributed by atoms with Crippen LogP contribution in [0.1, 0.15) is 0 Å². The van der Waals surface area contributed by atoms with Crippen molar-refractivity contribution in [2.75, 3.05) is 0 Å². The van der Waals surface area contributed by atoms with E-state index in [1.165, 1.54) is 6.07 Å². The minimum atomic E-state index is -4.12. The zero-order valence-electron chi connectivity index (χ0n) is 4.68. The van der Waals surface area contributed by atoms with Gasteiger partial charge in [0.05, 0.1) is 0 Å². The van der Waals surface area contributed by atoms with Gasteiger partial charge >= 0.3 is 10.1 Å². The van der Waals surface area contributed by atoms with Crippen molar-refractivity contribution in [1.29, 1.82) is 0 Å². The highest BCUT2D eigenvalue weighted by Crippen LogP contribution is 2.25. The highest BCUT2D eigenvalue weighted by molar-refractivity contribution is 7.88. The molecule has 6 heteroatoms. The molecule has 56 valence electrons. The number of aromatic hydroxyl groups is 1. The minimum Gasteiger partial charge on any atom is -0.499 e. The average molecular weight is 180 g/mol. The summed E-state index contributed by atoms with van der Waals surface area (Å²) in [6.45, 7) is 0. The molecule has 0 aliphatic rings. The predicted molar refractivity (Wildman–Crippen MR) is 35.8 cm³/mol. The molecule has 0 aliphatic carbocycles. The summed E-state index contributed by atoms with van der Waals surface area (Å²) >= 11 is 0.612. The van der Waals surface area contributed by atoms with Crippen LogP contribution in [0.25, 0.3) is 0 Å². The van der Waals surface area contributed by atoms with E-state index in [1.807, 2.05) is 0 Å². The second-order valence-electron chi connectivity index (χ2n) is 1.57. The molecule has 0 fully saturated rings. The van der Waals surface area contributed by atoms with E-state index in [0.29, 0.717) is 11.3 Å². The third-order valence-electron chi connectivity index (χ3n) is 0.821. The summed E-state index contributed by atoms with van der Waals surface area (Å²) in [5.41, 5.74) is 0. The van der Waals surface area contributed by atoms with Gasteiger partial charge in [0.2, 0.25) is 0 Å². The van der Waals surface area contributed by atoms with Gasteiger partial charge in [-0.1, -0.05) is 11.3 Å². The van der Waals surface area contributed by atoms with Gasteiger partial charge in [-0.2, -0.15) is 8.42 Å². The molecule has 1 aromatic rings. The van der Waals surface area contributed by atoms with Crippen LogP contribution in [0.15, 0.2) is 16.3 Å². The van der Waals surface area contributed by atoms with Gasteiger partial charge in [0.25, 0.3) is 0 Å². The monoisotopic (exact) mass is 180 g/mol. The summed E-state index contributed by atoms with van der Waals surface area (Å²) < 4.78 is 28.7. The zero-order valence-corrected chi connectivity index (χ0v) is 6.32. The van der Waals surface area contributed by atoms with Gasteiger partial charge in [0, 0.05) is 0 Å². The molecule has 0 atom stereocenters. The van der Waals surface area contributed by atoms with Crippen molar-refractivity contribution < 1.29 is 18.1 Å². The lowest BCUT2D eigenvalue weighted by atomic mass is 10.7. The van der Waals surface area contributed by atoms with Crippen molar-refractivity contribution >= 4 is 21.5 Å².